The minimum Gasteiger partial charge on any atom is -0.507 e. The second kappa shape index (κ2) is 7.76. The fourth-order valence-electron chi connectivity index (χ4n) is 2.46. The molecule has 2 aromatic carbocycles. The van der Waals surface area contributed by atoms with Crippen molar-refractivity contribution in [2.75, 3.05) is 20.6 Å². The molecule has 0 fully saturated rings. The van der Waals surface area contributed by atoms with Crippen molar-refractivity contribution in [3.05, 3.63) is 65.2 Å². The van der Waals surface area contributed by atoms with E-state index in [1.54, 1.807) is 12.3 Å². The summed E-state index contributed by atoms with van der Waals surface area (Å²) >= 11 is 0. The van der Waals surface area contributed by atoms with Gasteiger partial charge in [-0.2, -0.15) is 0 Å². The van der Waals surface area contributed by atoms with Gasteiger partial charge in [-0.05, 0) is 24.1 Å². The number of nitrogens with zero attached hydrogens (tertiary/aromatic N) is 1. The maximum absolute atomic E-state index is 9.76. The Labute approximate surface area is 132 Å². The highest BCUT2D eigenvalue weighted by molar-refractivity contribution is 5.83. The molecule has 2 rings (SSSR count). The fourth-order valence-corrected chi connectivity index (χ4v) is 2.46. The number of aliphatic imine (C=N–C) groups is 1. The van der Waals surface area contributed by atoms with Crippen molar-refractivity contribution < 1.29 is 10.0 Å². The van der Waals surface area contributed by atoms with Gasteiger partial charge < -0.3 is 10.0 Å². The molecule has 0 spiro atoms. The Bertz CT molecular complexity index is 618. The van der Waals surface area contributed by atoms with Crippen LogP contribution in [0.25, 0.3) is 0 Å². The van der Waals surface area contributed by atoms with E-state index in [4.69, 9.17) is 0 Å². The summed E-state index contributed by atoms with van der Waals surface area (Å²) in [6, 6.07) is 16.4. The number of phenols is 1. The molecule has 116 valence electrons. The quantitative estimate of drug-likeness (QED) is 0.789. The lowest BCUT2D eigenvalue weighted by Gasteiger charge is -2.20. The normalized spacial score (nSPS) is 12.9. The van der Waals surface area contributed by atoms with Gasteiger partial charge in [0.25, 0.3) is 0 Å². The number of phenolic OH excluding ortho intramolecular Hbond substituents is 1. The second-order valence-electron chi connectivity index (χ2n) is 5.78. The summed E-state index contributed by atoms with van der Waals surface area (Å²) in [4.78, 5) is 5.88. The van der Waals surface area contributed by atoms with Gasteiger partial charge in [-0.3, -0.25) is 4.99 Å². The van der Waals surface area contributed by atoms with Gasteiger partial charge in [0.05, 0.1) is 20.6 Å². The van der Waals surface area contributed by atoms with Gasteiger partial charge in [0.15, 0.2) is 0 Å². The number of rotatable bonds is 6. The number of hydrogen-bond acceptors (Lipinski definition) is 2. The van der Waals surface area contributed by atoms with E-state index in [1.807, 2.05) is 18.2 Å². The second-order valence-corrected chi connectivity index (χ2v) is 5.78. The molecule has 0 unspecified atom stereocenters. The van der Waals surface area contributed by atoms with E-state index in [2.05, 4.69) is 50.3 Å². The summed E-state index contributed by atoms with van der Waals surface area (Å²) in [5, 5.41) is 9.76. The Morgan fingerprint density at radius 1 is 1.09 bits per heavy atom. The van der Waals surface area contributed by atoms with Crippen LogP contribution in [0.4, 0.5) is 0 Å². The molecule has 0 radical (unpaired) electrons. The van der Waals surface area contributed by atoms with Crippen LogP contribution in [-0.2, 0) is 6.42 Å². The minimum absolute atomic E-state index is 0.271. The lowest BCUT2D eigenvalue weighted by atomic mass is 10.0. The number of likely N-dealkylation sites (N-methyl/N-ethyl adjacent to an activating group) is 1. The molecular formula is C19H25N2O+. The summed E-state index contributed by atoms with van der Waals surface area (Å²) in [6.45, 7) is 2.86. The molecule has 2 aromatic rings. The van der Waals surface area contributed by atoms with Gasteiger partial charge in [0, 0.05) is 17.3 Å². The van der Waals surface area contributed by atoms with E-state index in [9.17, 15) is 5.11 Å². The Balaban J connectivity index is 2.10. The van der Waals surface area contributed by atoms with Crippen LogP contribution < -0.4 is 4.90 Å². The van der Waals surface area contributed by atoms with Gasteiger partial charge in [0.1, 0.15) is 11.8 Å². The SMILES string of the molecule is CCc1ccc([C@H](CN=Cc2ccccc2O)[NH+](C)C)cc1. The molecule has 1 atom stereocenters. The van der Waals surface area contributed by atoms with E-state index in [-0.39, 0.29) is 5.75 Å². The van der Waals surface area contributed by atoms with Crippen LogP contribution in [0, 0.1) is 0 Å². The summed E-state index contributed by atoms with van der Waals surface area (Å²) < 4.78 is 0. The van der Waals surface area contributed by atoms with Crippen molar-refractivity contribution >= 4 is 6.21 Å². The van der Waals surface area contributed by atoms with Crippen molar-refractivity contribution in [1.82, 2.24) is 0 Å². The van der Waals surface area contributed by atoms with Crippen LogP contribution in [0.15, 0.2) is 53.5 Å². The molecule has 0 aliphatic heterocycles. The molecule has 0 heterocycles. The summed E-state index contributed by atoms with van der Waals surface area (Å²) in [5.74, 6) is 0.271. The zero-order valence-electron chi connectivity index (χ0n) is 13.6. The summed E-state index contributed by atoms with van der Waals surface area (Å²) in [6.07, 6.45) is 2.82. The van der Waals surface area contributed by atoms with Crippen LogP contribution in [0.2, 0.25) is 0 Å². The van der Waals surface area contributed by atoms with Crippen molar-refractivity contribution in [1.29, 1.82) is 0 Å². The van der Waals surface area contributed by atoms with Gasteiger partial charge in [-0.15, -0.1) is 0 Å². The number of para-hydroxylation sites is 1. The highest BCUT2D eigenvalue weighted by Crippen LogP contribution is 2.15. The number of benzene rings is 2. The van der Waals surface area contributed by atoms with Gasteiger partial charge in [-0.1, -0.05) is 43.3 Å². The molecule has 2 N–H and O–H groups in total. The van der Waals surface area contributed by atoms with E-state index in [0.29, 0.717) is 12.6 Å². The Kier molecular flexibility index (Phi) is 5.73. The molecule has 0 aromatic heterocycles. The van der Waals surface area contributed by atoms with Crippen molar-refractivity contribution in [3.8, 4) is 5.75 Å². The first kappa shape index (κ1) is 16.2. The van der Waals surface area contributed by atoms with Crippen molar-refractivity contribution in [2.24, 2.45) is 4.99 Å². The lowest BCUT2D eigenvalue weighted by molar-refractivity contribution is -0.890. The first-order valence-corrected chi connectivity index (χ1v) is 7.78. The van der Waals surface area contributed by atoms with E-state index < -0.39 is 0 Å². The molecule has 0 aliphatic carbocycles. The molecule has 0 saturated carbocycles. The summed E-state index contributed by atoms with van der Waals surface area (Å²) in [7, 11) is 4.29. The predicted octanol–water partition coefficient (Wildman–Crippen LogP) is 2.26. The largest absolute Gasteiger partial charge is 0.507 e. The molecule has 0 saturated heterocycles. The van der Waals surface area contributed by atoms with Crippen LogP contribution in [0.3, 0.4) is 0 Å². The van der Waals surface area contributed by atoms with Crippen LogP contribution in [0.1, 0.15) is 29.7 Å². The third-order valence-electron chi connectivity index (χ3n) is 3.94. The molecular weight excluding hydrogens is 272 g/mol. The lowest BCUT2D eigenvalue weighted by Crippen LogP contribution is -3.06. The van der Waals surface area contributed by atoms with Gasteiger partial charge in [0.2, 0.25) is 0 Å². The minimum atomic E-state index is 0.271. The molecule has 3 heteroatoms. The smallest absolute Gasteiger partial charge is 0.132 e. The molecule has 0 amide bonds. The first-order valence-electron chi connectivity index (χ1n) is 7.78. The molecule has 22 heavy (non-hydrogen) atoms. The highest BCUT2D eigenvalue weighted by atomic mass is 16.3. The zero-order valence-corrected chi connectivity index (χ0v) is 13.6. The number of nitrogens with one attached hydrogen (secondary N) is 1. The summed E-state index contributed by atoms with van der Waals surface area (Å²) in [5.41, 5.74) is 3.41. The van der Waals surface area contributed by atoms with Crippen molar-refractivity contribution in [3.63, 3.8) is 0 Å². The highest BCUT2D eigenvalue weighted by Gasteiger charge is 2.16. The van der Waals surface area contributed by atoms with E-state index in [1.165, 1.54) is 16.0 Å². The third-order valence-corrected chi connectivity index (χ3v) is 3.94. The van der Waals surface area contributed by atoms with E-state index in [0.717, 1.165) is 12.0 Å². The number of aromatic hydroxyl groups is 1. The van der Waals surface area contributed by atoms with Crippen molar-refractivity contribution in [2.45, 2.75) is 19.4 Å². The Morgan fingerprint density at radius 3 is 2.36 bits per heavy atom. The third kappa shape index (κ3) is 4.18. The number of quaternary nitrogens is 1. The fraction of sp³-hybridized carbons (Fsp3) is 0.316. The first-order chi connectivity index (χ1) is 10.6. The van der Waals surface area contributed by atoms with Crippen LogP contribution in [-0.4, -0.2) is 32.0 Å². The standard InChI is InChI=1S/C19H24N2O/c1-4-15-9-11-16(12-10-15)18(21(2)3)14-20-13-17-7-5-6-8-19(17)22/h5-13,18,22H,4,14H2,1-3H3/p+1/t18-/m0/s1. The average molecular weight is 297 g/mol. The molecule has 0 aliphatic rings. The predicted molar refractivity (Wildman–Crippen MR) is 91.9 cm³/mol. The zero-order chi connectivity index (χ0) is 15.9. The topological polar surface area (TPSA) is 37.0 Å². The molecule has 0 bridgehead atoms. The maximum Gasteiger partial charge on any atom is 0.132 e. The van der Waals surface area contributed by atoms with Crippen LogP contribution >= 0.6 is 0 Å². The Hall–Kier alpha value is -2.13. The Morgan fingerprint density at radius 2 is 1.77 bits per heavy atom. The maximum atomic E-state index is 9.76. The monoisotopic (exact) mass is 297 g/mol. The average Bonchev–Trinajstić information content (AvgIpc) is 2.53. The van der Waals surface area contributed by atoms with E-state index >= 15 is 0 Å². The van der Waals surface area contributed by atoms with Gasteiger partial charge >= 0.3 is 0 Å². The number of hydrogen-bond donors (Lipinski definition) is 2. The van der Waals surface area contributed by atoms with Crippen LogP contribution in [0.5, 0.6) is 5.75 Å². The molecule has 3 nitrogen and oxygen atoms in total. The van der Waals surface area contributed by atoms with Gasteiger partial charge in [-0.25, -0.2) is 0 Å². The number of aryl methyl sites for hydroxylation is 1.